The number of para-hydroxylation sites is 1. The number of hydrogen-bond acceptors (Lipinski definition) is 14. The Kier molecular flexibility index (Phi) is 11.6. The number of hydrogen-bond donors (Lipinski definition) is 2. The summed E-state index contributed by atoms with van der Waals surface area (Å²) in [4.78, 5) is 56.7. The van der Waals surface area contributed by atoms with Crippen molar-refractivity contribution in [3.63, 3.8) is 0 Å². The number of nitrogen functional groups attached to an aromatic ring is 2. The third-order valence-electron chi connectivity index (χ3n) is 12.1. The predicted octanol–water partition coefficient (Wildman–Crippen LogP) is 7.86. The highest BCUT2D eigenvalue weighted by Gasteiger charge is 2.32. The SMILES string of the molecule is C=CC(=O)N1CCC[C@@H](n2nc(-c3ccc(Oc4ccc(Cl)c(C(=C)C(=O)N5CCC[C@@H](n6nc(-c7ccc(Oc8ccccc8F)nc7)c7c(N)ncnc76)C5)c4)nc3)c3c(N)ncnc32)C1. The second-order valence-corrected chi connectivity index (χ2v) is 16.8. The maximum absolute atomic E-state index is 14.2. The largest absolute Gasteiger partial charge is 0.439 e. The second kappa shape index (κ2) is 18.2. The lowest BCUT2D eigenvalue weighted by atomic mass is 10.0. The van der Waals surface area contributed by atoms with Crippen molar-refractivity contribution in [2.75, 3.05) is 37.6 Å². The van der Waals surface area contributed by atoms with Gasteiger partial charge in [0.15, 0.2) is 22.9 Å². The van der Waals surface area contributed by atoms with Crippen LogP contribution in [0.5, 0.6) is 23.3 Å². The molecule has 0 saturated carbocycles. The van der Waals surface area contributed by atoms with Gasteiger partial charge >= 0.3 is 0 Å². The van der Waals surface area contributed by atoms with Crippen LogP contribution in [0.1, 0.15) is 43.3 Å². The lowest BCUT2D eigenvalue weighted by Crippen LogP contribution is -2.41. The van der Waals surface area contributed by atoms with Gasteiger partial charge in [0.05, 0.1) is 22.9 Å². The average molecular weight is 933 g/mol. The van der Waals surface area contributed by atoms with E-state index in [1.54, 1.807) is 75.4 Å². The van der Waals surface area contributed by atoms with Gasteiger partial charge in [0.2, 0.25) is 17.7 Å². The molecule has 0 unspecified atom stereocenters. The number of fused-ring (bicyclic) bond motifs is 2. The van der Waals surface area contributed by atoms with Crippen molar-refractivity contribution in [1.29, 1.82) is 0 Å². The van der Waals surface area contributed by atoms with Gasteiger partial charge in [0, 0.05) is 78.0 Å². The van der Waals surface area contributed by atoms with Gasteiger partial charge in [-0.1, -0.05) is 36.9 Å². The van der Waals surface area contributed by atoms with Gasteiger partial charge in [-0.25, -0.2) is 43.7 Å². The molecule has 4 N–H and O–H groups in total. The molecule has 18 nitrogen and oxygen atoms in total. The van der Waals surface area contributed by atoms with Crippen LogP contribution in [0.3, 0.4) is 0 Å². The molecule has 6 aromatic heterocycles. The van der Waals surface area contributed by atoms with E-state index in [1.165, 1.54) is 30.9 Å². The highest BCUT2D eigenvalue weighted by atomic mass is 35.5. The number of anilines is 2. The molecule has 0 bridgehead atoms. The Bertz CT molecular complexity index is 3270. The van der Waals surface area contributed by atoms with Crippen molar-refractivity contribution in [2.24, 2.45) is 0 Å². The molecule has 0 aliphatic carbocycles. The first-order valence-corrected chi connectivity index (χ1v) is 22.1. The number of nitrogens with zero attached hydrogens (tertiary/aromatic N) is 12. The van der Waals surface area contributed by atoms with Crippen LogP contribution in [0.25, 0.3) is 50.2 Å². The Labute approximate surface area is 392 Å². The van der Waals surface area contributed by atoms with E-state index in [2.05, 4.69) is 43.1 Å². The molecule has 2 atom stereocenters. The van der Waals surface area contributed by atoms with Gasteiger partial charge in [-0.2, -0.15) is 10.2 Å². The number of halogens is 2. The summed E-state index contributed by atoms with van der Waals surface area (Å²) in [5.74, 6) is 0.456. The zero-order valence-corrected chi connectivity index (χ0v) is 37.1. The molecule has 2 fully saturated rings. The summed E-state index contributed by atoms with van der Waals surface area (Å²) in [7, 11) is 0. The molecule has 68 heavy (non-hydrogen) atoms. The van der Waals surface area contributed by atoms with Crippen LogP contribution < -0.4 is 20.9 Å². The Balaban J connectivity index is 0.847. The Morgan fingerprint density at radius 3 is 1.88 bits per heavy atom. The Hall–Kier alpha value is -8.32. The molecule has 20 heteroatoms. The molecule has 2 saturated heterocycles. The molecule has 2 aliphatic rings. The van der Waals surface area contributed by atoms with Gasteiger partial charge in [-0.15, -0.1) is 0 Å². The Morgan fingerprint density at radius 1 is 0.735 bits per heavy atom. The molecule has 0 radical (unpaired) electrons. The van der Waals surface area contributed by atoms with E-state index in [-0.39, 0.29) is 58.6 Å². The maximum atomic E-state index is 14.2. The molecular weight excluding hydrogens is 891 g/mol. The minimum Gasteiger partial charge on any atom is -0.439 e. The van der Waals surface area contributed by atoms with E-state index in [4.69, 9.17) is 42.7 Å². The van der Waals surface area contributed by atoms with Crippen molar-refractivity contribution in [1.82, 2.24) is 59.3 Å². The maximum Gasteiger partial charge on any atom is 0.253 e. The summed E-state index contributed by atoms with van der Waals surface area (Å²) in [6.45, 7) is 9.70. The van der Waals surface area contributed by atoms with Gasteiger partial charge < -0.3 is 30.7 Å². The summed E-state index contributed by atoms with van der Waals surface area (Å²) in [5.41, 5.74) is 16.8. The van der Waals surface area contributed by atoms with E-state index < -0.39 is 5.82 Å². The summed E-state index contributed by atoms with van der Waals surface area (Å²) < 4.78 is 29.7. The first-order chi connectivity index (χ1) is 33.0. The molecule has 2 aromatic carbocycles. The molecule has 342 valence electrons. The zero-order chi connectivity index (χ0) is 47.1. The first kappa shape index (κ1) is 43.6. The zero-order valence-electron chi connectivity index (χ0n) is 36.4. The van der Waals surface area contributed by atoms with Crippen LogP contribution >= 0.6 is 11.6 Å². The topological polar surface area (TPSA) is 224 Å². The fourth-order valence-corrected chi connectivity index (χ4v) is 8.99. The van der Waals surface area contributed by atoms with Crippen LogP contribution in [0.4, 0.5) is 16.0 Å². The average Bonchev–Trinajstić information content (AvgIpc) is 3.97. The van der Waals surface area contributed by atoms with E-state index in [1.807, 2.05) is 10.7 Å². The van der Waals surface area contributed by atoms with Crippen molar-refractivity contribution >= 4 is 62.7 Å². The molecule has 0 spiro atoms. The highest BCUT2D eigenvalue weighted by molar-refractivity contribution is 6.34. The lowest BCUT2D eigenvalue weighted by Gasteiger charge is -2.33. The van der Waals surface area contributed by atoms with E-state index >= 15 is 0 Å². The Morgan fingerprint density at radius 2 is 1.31 bits per heavy atom. The highest BCUT2D eigenvalue weighted by Crippen LogP contribution is 2.38. The third kappa shape index (κ3) is 8.27. The number of ether oxygens (including phenoxy) is 2. The lowest BCUT2D eigenvalue weighted by molar-refractivity contribution is -0.128. The van der Waals surface area contributed by atoms with Gasteiger partial charge in [-0.05, 0) is 74.2 Å². The summed E-state index contributed by atoms with van der Waals surface area (Å²) in [6.07, 6.45) is 10.3. The number of amides is 2. The number of piperidine rings is 2. The number of likely N-dealkylation sites (tertiary alicyclic amines) is 2. The normalized spacial score (nSPS) is 16.2. The molecular formula is C48H42ClFN14O4. The summed E-state index contributed by atoms with van der Waals surface area (Å²) in [5, 5.41) is 11.3. The van der Waals surface area contributed by atoms with E-state index in [9.17, 15) is 14.0 Å². The van der Waals surface area contributed by atoms with Crippen LogP contribution in [-0.2, 0) is 9.59 Å². The third-order valence-corrected chi connectivity index (χ3v) is 12.4. The van der Waals surface area contributed by atoms with Crippen LogP contribution in [0, 0.1) is 5.82 Å². The van der Waals surface area contributed by atoms with Gasteiger partial charge in [0.25, 0.3) is 5.91 Å². The van der Waals surface area contributed by atoms with E-state index in [0.29, 0.717) is 99.9 Å². The fraction of sp³-hybridized carbons (Fsp3) is 0.208. The summed E-state index contributed by atoms with van der Waals surface area (Å²) in [6, 6.07) is 17.5. The molecule has 8 aromatic rings. The summed E-state index contributed by atoms with van der Waals surface area (Å²) >= 11 is 6.71. The minimum absolute atomic E-state index is 0.0499. The monoisotopic (exact) mass is 932 g/mol. The fourth-order valence-electron chi connectivity index (χ4n) is 8.75. The smallest absolute Gasteiger partial charge is 0.253 e. The van der Waals surface area contributed by atoms with Crippen molar-refractivity contribution in [3.05, 3.63) is 127 Å². The molecule has 2 aliphatic heterocycles. The molecule has 10 rings (SSSR count). The first-order valence-electron chi connectivity index (χ1n) is 21.7. The van der Waals surface area contributed by atoms with Gasteiger partial charge in [0.1, 0.15) is 41.4 Å². The van der Waals surface area contributed by atoms with E-state index in [0.717, 1.165) is 12.8 Å². The predicted molar refractivity (Wildman–Crippen MR) is 253 cm³/mol. The number of pyridine rings is 2. The number of aromatic nitrogens is 10. The standard InChI is InChI=1S/C48H42ClFN14O4/c1-3-39(65)61-18-6-8-30(23-61)63-46-40(44(51)55-25-57-46)42(59-63)28-12-16-37(53-21-28)67-32-14-15-34(49)33(20-32)27(2)48(66)62-19-7-9-31(24-62)64-47-41(45(52)56-26-58-47)43(60-64)29-13-17-38(54-22-29)68-36-11-5-4-10-35(36)50/h3-5,10-17,20-22,25-26,30-31H,1-2,6-9,18-19,23-24H2,(H2,51,55,57)(H2,52,56,58)/t30-,31-/m1/s1. The van der Waals surface area contributed by atoms with Crippen molar-refractivity contribution in [2.45, 2.75) is 37.8 Å². The molecule has 8 heterocycles. The van der Waals surface area contributed by atoms with Crippen LogP contribution in [-0.4, -0.2) is 97.3 Å². The second-order valence-electron chi connectivity index (χ2n) is 16.4. The number of carbonyl (C=O) groups excluding carboxylic acids is 2. The van der Waals surface area contributed by atoms with Gasteiger partial charge in [-0.3, -0.25) is 9.59 Å². The quantitative estimate of drug-likeness (QED) is 0.118. The van der Waals surface area contributed by atoms with Crippen LogP contribution in [0.2, 0.25) is 5.02 Å². The minimum atomic E-state index is -0.508. The van der Waals surface area contributed by atoms with Crippen molar-refractivity contribution in [3.8, 4) is 45.8 Å². The number of benzene rings is 2. The number of rotatable bonds is 11. The number of carbonyl (C=O) groups is 2. The van der Waals surface area contributed by atoms with Crippen LogP contribution in [0.15, 0.2) is 111 Å². The van der Waals surface area contributed by atoms with Crippen molar-refractivity contribution < 1.29 is 23.5 Å². The molecule has 2 amide bonds. The number of nitrogens with two attached hydrogens (primary N) is 2.